The molecule has 0 aromatic carbocycles. The average Bonchev–Trinajstić information content (AvgIpc) is 3.26. The first kappa shape index (κ1) is 22.3. The number of azide groups is 1. The van der Waals surface area contributed by atoms with Crippen LogP contribution in [0.5, 0.6) is 0 Å². The van der Waals surface area contributed by atoms with Gasteiger partial charge in [-0.15, -0.1) is 0 Å². The number of carbonyl (C=O) groups is 2. The maximum absolute atomic E-state index is 13.3. The summed E-state index contributed by atoms with van der Waals surface area (Å²) in [6, 6.07) is -0.190. The van der Waals surface area contributed by atoms with Gasteiger partial charge in [-0.3, -0.25) is 4.79 Å². The molecular weight excluding hydrogens is 394 g/mol. The molecule has 0 aliphatic heterocycles. The van der Waals surface area contributed by atoms with Gasteiger partial charge in [0.05, 0.1) is 12.0 Å². The maximum Gasteiger partial charge on any atom is 0.315 e. The lowest BCUT2D eigenvalue weighted by atomic mass is 9.43. The summed E-state index contributed by atoms with van der Waals surface area (Å²) in [6.45, 7) is 9.26. The highest BCUT2D eigenvalue weighted by Gasteiger charge is 2.84. The number of aldehydes is 1. The van der Waals surface area contributed by atoms with Gasteiger partial charge >= 0.3 is 5.97 Å². The van der Waals surface area contributed by atoms with Crippen LogP contribution in [0.2, 0.25) is 0 Å². The van der Waals surface area contributed by atoms with E-state index < -0.39 is 22.2 Å². The third-order valence-electron chi connectivity index (χ3n) is 9.44. The van der Waals surface area contributed by atoms with E-state index in [2.05, 4.69) is 29.9 Å². The minimum absolute atomic E-state index is 0.0311. The monoisotopic (exact) mass is 429 g/mol. The van der Waals surface area contributed by atoms with Crippen molar-refractivity contribution in [2.75, 3.05) is 13.2 Å². The molecule has 4 unspecified atom stereocenters. The van der Waals surface area contributed by atoms with Crippen molar-refractivity contribution < 1.29 is 19.4 Å². The van der Waals surface area contributed by atoms with Gasteiger partial charge in [0.15, 0.2) is 0 Å². The van der Waals surface area contributed by atoms with E-state index in [-0.39, 0.29) is 35.6 Å². The topological polar surface area (TPSA) is 112 Å². The fourth-order valence-electron chi connectivity index (χ4n) is 8.33. The summed E-state index contributed by atoms with van der Waals surface area (Å²) in [5.74, 6) is -0.600. The Morgan fingerprint density at radius 2 is 2.19 bits per heavy atom. The smallest absolute Gasteiger partial charge is 0.315 e. The molecule has 3 saturated carbocycles. The number of rotatable bonds is 9. The van der Waals surface area contributed by atoms with Crippen LogP contribution in [-0.4, -0.2) is 36.6 Å². The highest BCUT2D eigenvalue weighted by Crippen LogP contribution is 2.82. The summed E-state index contributed by atoms with van der Waals surface area (Å²) in [4.78, 5) is 29.4. The normalized spacial score (nSPS) is 44.7. The number of hydrogen-bond acceptors (Lipinski definition) is 4. The lowest BCUT2D eigenvalue weighted by Crippen LogP contribution is -2.63. The first-order chi connectivity index (χ1) is 14.8. The second-order valence-electron chi connectivity index (χ2n) is 10.7. The van der Waals surface area contributed by atoms with Crippen LogP contribution in [0, 0.1) is 45.8 Å². The molecular formula is C24H35N3O4. The largest absolute Gasteiger partial charge is 0.481 e. The summed E-state index contributed by atoms with van der Waals surface area (Å²) < 4.78 is 6.17. The number of hydrogen-bond donors (Lipinski definition) is 1. The number of ether oxygens (including phenoxy) is 1. The second-order valence-corrected chi connectivity index (χ2v) is 10.7. The first-order valence-electron chi connectivity index (χ1n) is 11.8. The van der Waals surface area contributed by atoms with E-state index in [1.807, 2.05) is 13.8 Å². The average molecular weight is 430 g/mol. The van der Waals surface area contributed by atoms with Crippen LogP contribution < -0.4 is 0 Å². The molecule has 4 bridgehead atoms. The predicted octanol–water partition coefficient (Wildman–Crippen LogP) is 5.02. The van der Waals surface area contributed by atoms with Gasteiger partial charge in [-0.25, -0.2) is 0 Å². The quantitative estimate of drug-likeness (QED) is 0.138. The van der Waals surface area contributed by atoms with Crippen LogP contribution in [0.25, 0.3) is 10.4 Å². The molecule has 8 atom stereocenters. The number of aliphatic carboxylic acids is 1. The Hall–Kier alpha value is -1.85. The van der Waals surface area contributed by atoms with Gasteiger partial charge in [0.1, 0.15) is 11.7 Å². The lowest BCUT2D eigenvalue weighted by molar-refractivity contribution is -0.186. The van der Waals surface area contributed by atoms with Crippen molar-refractivity contribution in [1.82, 2.24) is 0 Å². The zero-order valence-electron chi connectivity index (χ0n) is 19.1. The Bertz CT molecular complexity index is 850. The van der Waals surface area contributed by atoms with Crippen molar-refractivity contribution in [1.29, 1.82) is 0 Å². The van der Waals surface area contributed by atoms with Crippen molar-refractivity contribution in [3.63, 3.8) is 0 Å². The number of nitrogens with zero attached hydrogens (tertiary/aromatic N) is 3. The minimum Gasteiger partial charge on any atom is -0.481 e. The van der Waals surface area contributed by atoms with Gasteiger partial charge < -0.3 is 14.6 Å². The summed E-state index contributed by atoms with van der Waals surface area (Å²) in [7, 11) is 0. The van der Waals surface area contributed by atoms with E-state index in [1.54, 1.807) is 0 Å². The van der Waals surface area contributed by atoms with Gasteiger partial charge in [-0.05, 0) is 60.8 Å². The van der Waals surface area contributed by atoms with Crippen molar-refractivity contribution >= 4 is 12.3 Å². The van der Waals surface area contributed by atoms with Crippen molar-refractivity contribution in [3.8, 4) is 0 Å². The van der Waals surface area contributed by atoms with Crippen LogP contribution in [0.3, 0.4) is 0 Å². The van der Waals surface area contributed by atoms with Gasteiger partial charge in [0.25, 0.3) is 0 Å². The highest BCUT2D eigenvalue weighted by atomic mass is 16.5. The minimum atomic E-state index is -1.24. The van der Waals surface area contributed by atoms with Crippen LogP contribution >= 0.6 is 0 Å². The molecule has 0 radical (unpaired) electrons. The van der Waals surface area contributed by atoms with Crippen LogP contribution in [0.15, 0.2) is 16.8 Å². The second kappa shape index (κ2) is 7.63. The van der Waals surface area contributed by atoms with Crippen LogP contribution in [0.4, 0.5) is 0 Å². The first-order valence-corrected chi connectivity index (χ1v) is 11.8. The Morgan fingerprint density at radius 3 is 2.77 bits per heavy atom. The summed E-state index contributed by atoms with van der Waals surface area (Å²) >= 11 is 0. The third-order valence-corrected chi connectivity index (χ3v) is 9.44. The van der Waals surface area contributed by atoms with Crippen molar-refractivity contribution in [2.45, 2.75) is 65.8 Å². The summed E-state index contributed by atoms with van der Waals surface area (Å²) in [5, 5.41) is 14.9. The number of carbonyl (C=O) groups excluding carboxylic acids is 1. The van der Waals surface area contributed by atoms with Crippen LogP contribution in [-0.2, 0) is 14.3 Å². The molecule has 7 heteroatoms. The third kappa shape index (κ3) is 2.53. The van der Waals surface area contributed by atoms with E-state index in [9.17, 15) is 14.7 Å². The zero-order valence-corrected chi connectivity index (χ0v) is 19.1. The molecule has 3 fully saturated rings. The van der Waals surface area contributed by atoms with E-state index in [4.69, 9.17) is 10.3 Å². The number of unbranched alkanes of at least 4 members (excludes halogenated alkanes) is 1. The van der Waals surface area contributed by atoms with Gasteiger partial charge in [0, 0.05) is 23.0 Å². The molecule has 31 heavy (non-hydrogen) atoms. The summed E-state index contributed by atoms with van der Waals surface area (Å²) in [5.41, 5.74) is 7.15. The molecule has 7 nitrogen and oxygen atoms in total. The number of fused-ring (bicyclic) bond motifs is 2. The molecule has 0 spiro atoms. The molecule has 1 N–H and O–H groups in total. The molecule has 170 valence electrons. The highest BCUT2D eigenvalue weighted by molar-refractivity contribution is 5.90. The van der Waals surface area contributed by atoms with E-state index in [0.29, 0.717) is 32.5 Å². The summed E-state index contributed by atoms with van der Waals surface area (Å²) in [6.07, 6.45) is 6.98. The van der Waals surface area contributed by atoms with Crippen molar-refractivity contribution in [3.05, 3.63) is 22.1 Å². The lowest BCUT2D eigenvalue weighted by Gasteiger charge is -2.58. The molecule has 0 heterocycles. The molecule has 4 aliphatic rings. The Morgan fingerprint density at radius 1 is 1.45 bits per heavy atom. The number of carboxylic acids is 1. The van der Waals surface area contributed by atoms with E-state index in [0.717, 1.165) is 24.7 Å². The van der Waals surface area contributed by atoms with Crippen molar-refractivity contribution in [2.24, 2.45) is 50.9 Å². The Labute approximate surface area is 184 Å². The molecule has 0 aromatic heterocycles. The zero-order chi connectivity index (χ0) is 22.6. The fourth-order valence-corrected chi connectivity index (χ4v) is 8.33. The molecule has 0 aromatic rings. The Balaban J connectivity index is 1.89. The number of carboxylic acid groups (broad SMARTS) is 1. The SMILES string of the molecule is CCCCOC[C@@]12CC3C(C)C(N=[N+]=[N-])CC3[C@@]3(C=O)C[C@@H]1C=C(C(C)C)[C@@]23C(=O)O. The molecule has 0 saturated heterocycles. The van der Waals surface area contributed by atoms with Gasteiger partial charge in [-0.2, -0.15) is 0 Å². The van der Waals surface area contributed by atoms with Gasteiger partial charge in [-0.1, -0.05) is 50.9 Å². The van der Waals surface area contributed by atoms with E-state index in [1.165, 1.54) is 0 Å². The Kier molecular flexibility index (Phi) is 5.50. The van der Waals surface area contributed by atoms with Crippen LogP contribution in [0.1, 0.15) is 59.8 Å². The predicted molar refractivity (Wildman–Crippen MR) is 116 cm³/mol. The maximum atomic E-state index is 13.3. The number of allylic oxidation sites excluding steroid dienone is 1. The molecule has 4 rings (SSSR count). The fraction of sp³-hybridized carbons (Fsp3) is 0.833. The molecule has 0 amide bonds. The standard InChI is InChI=1S/C24H35N3O4/c1-5-6-7-31-13-23-11-17-15(4)20(26-27-25)9-19(17)22(12-28)10-16(23)8-18(14(2)3)24(22,23)21(29)30/h8,12,14-17,19-20H,5-7,9-11,13H2,1-4H3,(H,29,30)/t15?,16-,17?,19?,20?,22-,23-,24-/m0/s1. The van der Waals surface area contributed by atoms with E-state index >= 15 is 0 Å². The van der Waals surface area contributed by atoms with Gasteiger partial charge in [0.2, 0.25) is 0 Å². The molecule has 4 aliphatic carbocycles.